The van der Waals surface area contributed by atoms with Crippen molar-refractivity contribution >= 4 is 17.4 Å². The second-order valence-corrected chi connectivity index (χ2v) is 9.44. The highest BCUT2D eigenvalue weighted by Gasteiger charge is 2.46. The molecule has 1 aliphatic rings. The highest BCUT2D eigenvalue weighted by molar-refractivity contribution is 6.46. The fourth-order valence-corrected chi connectivity index (χ4v) is 4.83. The first-order valence-corrected chi connectivity index (χ1v) is 13.6. The van der Waals surface area contributed by atoms with Crippen LogP contribution in [0.25, 0.3) is 5.76 Å². The van der Waals surface area contributed by atoms with E-state index in [9.17, 15) is 19.1 Å². The molecule has 0 radical (unpaired) electrons. The number of ketones is 1. The number of carbonyl (C=O) groups excluding carboxylic acids is 2. The number of carbonyl (C=O) groups is 2. The van der Waals surface area contributed by atoms with Gasteiger partial charge in [-0.2, -0.15) is 0 Å². The molecule has 1 unspecified atom stereocenters. The second kappa shape index (κ2) is 13.3. The van der Waals surface area contributed by atoms with Crippen molar-refractivity contribution in [3.05, 3.63) is 101 Å². The molecular formula is C32H35FN2O5. The van der Waals surface area contributed by atoms with E-state index < -0.39 is 23.5 Å². The smallest absolute Gasteiger partial charge is 0.295 e. The van der Waals surface area contributed by atoms with Crippen LogP contribution in [-0.2, 0) is 16.2 Å². The zero-order valence-corrected chi connectivity index (χ0v) is 23.1. The molecule has 1 heterocycles. The van der Waals surface area contributed by atoms with Crippen molar-refractivity contribution in [2.45, 2.75) is 33.4 Å². The third-order valence-corrected chi connectivity index (χ3v) is 7.03. The average molecular weight is 547 g/mol. The number of hydrogen-bond acceptors (Lipinski definition) is 6. The number of amides is 1. The first-order valence-electron chi connectivity index (χ1n) is 13.6. The number of likely N-dealkylation sites (tertiary alicyclic amines) is 1. The maximum Gasteiger partial charge on any atom is 0.295 e. The Morgan fingerprint density at radius 1 is 0.925 bits per heavy atom. The van der Waals surface area contributed by atoms with Crippen molar-refractivity contribution in [3.63, 3.8) is 0 Å². The van der Waals surface area contributed by atoms with Crippen LogP contribution >= 0.6 is 0 Å². The van der Waals surface area contributed by atoms with Crippen molar-refractivity contribution in [2.24, 2.45) is 0 Å². The number of nitrogens with zero attached hydrogens (tertiary/aromatic N) is 2. The quantitative estimate of drug-likeness (QED) is 0.182. The van der Waals surface area contributed by atoms with Gasteiger partial charge in [-0.05, 0) is 67.5 Å². The molecule has 0 saturated carbocycles. The molecule has 1 amide bonds. The summed E-state index contributed by atoms with van der Waals surface area (Å²) < 4.78 is 25.5. The molecule has 3 aromatic rings. The Labute approximate surface area is 234 Å². The summed E-state index contributed by atoms with van der Waals surface area (Å²) in [4.78, 5) is 30.3. The highest BCUT2D eigenvalue weighted by atomic mass is 19.1. The van der Waals surface area contributed by atoms with Gasteiger partial charge in [-0.15, -0.1) is 0 Å². The summed E-state index contributed by atoms with van der Waals surface area (Å²) in [6.07, 6.45) is 0. The Morgan fingerprint density at radius 3 is 2.27 bits per heavy atom. The van der Waals surface area contributed by atoms with Gasteiger partial charge in [-0.3, -0.25) is 9.59 Å². The van der Waals surface area contributed by atoms with E-state index in [1.165, 1.54) is 29.2 Å². The van der Waals surface area contributed by atoms with Crippen LogP contribution in [-0.4, -0.2) is 59.4 Å². The molecule has 0 aliphatic carbocycles. The van der Waals surface area contributed by atoms with Crippen LogP contribution in [0.3, 0.4) is 0 Å². The minimum atomic E-state index is -0.858. The third-order valence-electron chi connectivity index (χ3n) is 7.03. The molecular weight excluding hydrogens is 511 g/mol. The zero-order valence-electron chi connectivity index (χ0n) is 23.1. The molecule has 4 rings (SSSR count). The Kier molecular flexibility index (Phi) is 9.56. The minimum absolute atomic E-state index is 0.0449. The molecule has 0 spiro atoms. The first kappa shape index (κ1) is 28.8. The predicted molar refractivity (Wildman–Crippen MR) is 152 cm³/mol. The SMILES string of the molecule is CCOc1cc(C2C(=C(O)c3ccc(F)cc3)C(=O)C(=O)N2CCN(CC)CC)ccc1OCc1ccccc1. The molecule has 40 heavy (non-hydrogen) atoms. The van der Waals surface area contributed by atoms with E-state index in [4.69, 9.17) is 9.47 Å². The summed E-state index contributed by atoms with van der Waals surface area (Å²) in [5, 5.41) is 11.2. The van der Waals surface area contributed by atoms with Gasteiger partial charge in [0.2, 0.25) is 0 Å². The van der Waals surface area contributed by atoms with Crippen LogP contribution in [0.5, 0.6) is 11.5 Å². The lowest BCUT2D eigenvalue weighted by atomic mass is 9.95. The summed E-state index contributed by atoms with van der Waals surface area (Å²) in [7, 11) is 0. The number of halogens is 1. The Morgan fingerprint density at radius 2 is 1.62 bits per heavy atom. The molecule has 3 aromatic carbocycles. The number of rotatable bonds is 12. The van der Waals surface area contributed by atoms with E-state index >= 15 is 0 Å². The highest BCUT2D eigenvalue weighted by Crippen LogP contribution is 2.42. The molecule has 210 valence electrons. The molecule has 1 aliphatic heterocycles. The van der Waals surface area contributed by atoms with Crippen LogP contribution in [0.1, 0.15) is 43.5 Å². The van der Waals surface area contributed by atoms with E-state index in [1.807, 2.05) is 51.1 Å². The van der Waals surface area contributed by atoms with Crippen molar-refractivity contribution in [3.8, 4) is 11.5 Å². The van der Waals surface area contributed by atoms with Gasteiger partial charge >= 0.3 is 0 Å². The van der Waals surface area contributed by atoms with Crippen LogP contribution < -0.4 is 9.47 Å². The summed E-state index contributed by atoms with van der Waals surface area (Å²) in [6, 6.07) is 19.3. The van der Waals surface area contributed by atoms with Crippen molar-refractivity contribution in [1.82, 2.24) is 9.80 Å². The average Bonchev–Trinajstić information content (AvgIpc) is 3.23. The van der Waals surface area contributed by atoms with Crippen molar-refractivity contribution in [1.29, 1.82) is 0 Å². The fraction of sp³-hybridized carbons (Fsp3) is 0.312. The number of benzene rings is 3. The third kappa shape index (κ3) is 6.34. The Balaban J connectivity index is 1.76. The largest absolute Gasteiger partial charge is 0.507 e. The van der Waals surface area contributed by atoms with Gasteiger partial charge in [0.05, 0.1) is 18.2 Å². The molecule has 1 saturated heterocycles. The lowest BCUT2D eigenvalue weighted by molar-refractivity contribution is -0.140. The molecule has 0 aromatic heterocycles. The number of aliphatic hydroxyl groups excluding tert-OH is 1. The number of hydrogen-bond donors (Lipinski definition) is 1. The lowest BCUT2D eigenvalue weighted by Crippen LogP contribution is -2.38. The van der Waals surface area contributed by atoms with E-state index in [0.29, 0.717) is 36.8 Å². The molecule has 7 nitrogen and oxygen atoms in total. The maximum absolute atomic E-state index is 13.6. The number of likely N-dealkylation sites (N-methyl/N-ethyl adjacent to an activating group) is 1. The summed E-state index contributed by atoms with van der Waals surface area (Å²) in [5.41, 5.74) is 1.80. The number of Topliss-reactive ketones (excluding diaryl/α,β-unsaturated/α-hetero) is 1. The number of aliphatic hydroxyl groups is 1. The molecule has 8 heteroatoms. The lowest BCUT2D eigenvalue weighted by Gasteiger charge is -2.28. The summed E-state index contributed by atoms with van der Waals surface area (Å²) in [6.45, 7) is 9.08. The van der Waals surface area contributed by atoms with Crippen molar-refractivity contribution < 1.29 is 28.6 Å². The topological polar surface area (TPSA) is 79.3 Å². The van der Waals surface area contributed by atoms with E-state index in [1.54, 1.807) is 18.2 Å². The van der Waals surface area contributed by atoms with Gasteiger partial charge in [0, 0.05) is 18.7 Å². The van der Waals surface area contributed by atoms with Crippen LogP contribution in [0, 0.1) is 5.82 Å². The van der Waals surface area contributed by atoms with E-state index in [-0.39, 0.29) is 23.4 Å². The Bertz CT molecular complexity index is 1350. The van der Waals surface area contributed by atoms with Crippen molar-refractivity contribution in [2.75, 3.05) is 32.8 Å². The normalized spacial score (nSPS) is 16.5. The molecule has 0 bridgehead atoms. The number of ether oxygens (including phenoxy) is 2. The minimum Gasteiger partial charge on any atom is -0.507 e. The van der Waals surface area contributed by atoms with E-state index in [0.717, 1.165) is 18.7 Å². The van der Waals surface area contributed by atoms with Crippen LogP contribution in [0.4, 0.5) is 4.39 Å². The van der Waals surface area contributed by atoms with Gasteiger partial charge in [-0.1, -0.05) is 50.2 Å². The molecule has 1 atom stereocenters. The van der Waals surface area contributed by atoms with Gasteiger partial charge in [-0.25, -0.2) is 4.39 Å². The second-order valence-electron chi connectivity index (χ2n) is 9.44. The standard InChI is InChI=1S/C32H35FN2O5/c1-4-34(5-2)18-19-35-29(28(31(37)32(35)38)30(36)23-12-15-25(33)16-13-23)24-14-17-26(27(20-24)39-6-3)40-21-22-10-8-7-9-11-22/h7-17,20,29,36H,4-6,18-19,21H2,1-3H3. The van der Waals surface area contributed by atoms with Crippen LogP contribution in [0.2, 0.25) is 0 Å². The summed E-state index contributed by atoms with van der Waals surface area (Å²) >= 11 is 0. The predicted octanol–water partition coefficient (Wildman–Crippen LogP) is 5.57. The maximum atomic E-state index is 13.6. The first-order chi connectivity index (χ1) is 19.4. The molecule has 1 fully saturated rings. The van der Waals surface area contributed by atoms with Gasteiger partial charge in [0.25, 0.3) is 11.7 Å². The van der Waals surface area contributed by atoms with Gasteiger partial charge in [0.1, 0.15) is 18.2 Å². The van der Waals surface area contributed by atoms with E-state index in [2.05, 4.69) is 4.90 Å². The molecule has 1 N–H and O–H groups in total. The summed E-state index contributed by atoms with van der Waals surface area (Å²) in [5.74, 6) is -1.31. The van der Waals surface area contributed by atoms with Gasteiger partial charge in [0.15, 0.2) is 11.5 Å². The van der Waals surface area contributed by atoms with Crippen LogP contribution in [0.15, 0.2) is 78.4 Å². The van der Waals surface area contributed by atoms with Gasteiger partial charge < -0.3 is 24.4 Å². The Hall–Kier alpha value is -4.17. The fourth-order valence-electron chi connectivity index (χ4n) is 4.83. The monoisotopic (exact) mass is 546 g/mol. The zero-order chi connectivity index (χ0) is 28.6.